The van der Waals surface area contributed by atoms with Gasteiger partial charge >= 0.3 is 0 Å². The lowest BCUT2D eigenvalue weighted by Crippen LogP contribution is -2.11. The summed E-state index contributed by atoms with van der Waals surface area (Å²) in [5.41, 5.74) is 5.99. The quantitative estimate of drug-likeness (QED) is 0.854. The highest BCUT2D eigenvalue weighted by molar-refractivity contribution is 7.15. The molecule has 0 unspecified atom stereocenters. The molecule has 0 aliphatic carbocycles. The molecule has 1 aromatic carbocycles. The molecule has 21 heavy (non-hydrogen) atoms. The van der Waals surface area contributed by atoms with Crippen molar-refractivity contribution < 1.29 is 9.53 Å². The molecule has 0 atom stereocenters. The largest absolute Gasteiger partial charge is 0.493 e. The Morgan fingerprint density at radius 1 is 1.33 bits per heavy atom. The molecule has 0 spiro atoms. The van der Waals surface area contributed by atoms with Crippen LogP contribution in [0, 0.1) is 5.92 Å². The first-order valence-corrected chi connectivity index (χ1v) is 7.46. The number of carbonyl (C=O) groups excluding carboxylic acids is 1. The van der Waals surface area contributed by atoms with Crippen molar-refractivity contribution in [2.24, 2.45) is 11.7 Å². The molecule has 7 heteroatoms. The highest BCUT2D eigenvalue weighted by Gasteiger charge is 2.10. The Morgan fingerprint density at radius 3 is 2.62 bits per heavy atom. The SMILES string of the molecule is CC(C)COc1ccc(C(=O)Nc2nnc(CN)s2)cc1. The summed E-state index contributed by atoms with van der Waals surface area (Å²) in [6.45, 7) is 5.13. The Hall–Kier alpha value is -1.99. The Labute approximate surface area is 127 Å². The van der Waals surface area contributed by atoms with Crippen molar-refractivity contribution in [3.63, 3.8) is 0 Å². The number of anilines is 1. The maximum atomic E-state index is 12.0. The molecule has 1 amide bonds. The van der Waals surface area contributed by atoms with Gasteiger partial charge < -0.3 is 10.5 Å². The van der Waals surface area contributed by atoms with Crippen LogP contribution in [-0.2, 0) is 6.54 Å². The lowest BCUT2D eigenvalue weighted by molar-refractivity contribution is 0.102. The fourth-order valence-corrected chi connectivity index (χ4v) is 2.13. The van der Waals surface area contributed by atoms with Gasteiger partial charge in [-0.15, -0.1) is 10.2 Å². The lowest BCUT2D eigenvalue weighted by atomic mass is 10.2. The van der Waals surface area contributed by atoms with Crippen LogP contribution in [0.4, 0.5) is 5.13 Å². The van der Waals surface area contributed by atoms with E-state index in [1.54, 1.807) is 24.3 Å². The number of aromatic nitrogens is 2. The summed E-state index contributed by atoms with van der Waals surface area (Å²) in [6, 6.07) is 7.00. The van der Waals surface area contributed by atoms with Crippen LogP contribution < -0.4 is 15.8 Å². The van der Waals surface area contributed by atoms with Crippen LogP contribution in [0.5, 0.6) is 5.75 Å². The van der Waals surface area contributed by atoms with Crippen LogP contribution in [-0.4, -0.2) is 22.7 Å². The molecule has 0 aliphatic rings. The van der Waals surface area contributed by atoms with E-state index in [0.717, 1.165) is 5.75 Å². The first-order chi connectivity index (χ1) is 10.1. The van der Waals surface area contributed by atoms with Crippen LogP contribution in [0.15, 0.2) is 24.3 Å². The molecule has 1 heterocycles. The number of rotatable bonds is 6. The number of nitrogens with one attached hydrogen (secondary N) is 1. The zero-order valence-electron chi connectivity index (χ0n) is 12.0. The summed E-state index contributed by atoms with van der Waals surface area (Å²) in [4.78, 5) is 12.0. The van der Waals surface area contributed by atoms with E-state index >= 15 is 0 Å². The monoisotopic (exact) mass is 306 g/mol. The van der Waals surface area contributed by atoms with Gasteiger partial charge in [-0.1, -0.05) is 25.2 Å². The standard InChI is InChI=1S/C14H18N4O2S/c1-9(2)8-20-11-5-3-10(4-6-11)13(19)16-14-18-17-12(7-15)21-14/h3-6,9H,7-8,15H2,1-2H3,(H,16,18,19). The third kappa shape index (κ3) is 4.51. The predicted octanol–water partition coefficient (Wildman–Crippen LogP) is 2.28. The van der Waals surface area contributed by atoms with Gasteiger partial charge in [0.1, 0.15) is 10.8 Å². The summed E-state index contributed by atoms with van der Waals surface area (Å²) in [5, 5.41) is 11.5. The van der Waals surface area contributed by atoms with E-state index in [0.29, 0.717) is 34.8 Å². The van der Waals surface area contributed by atoms with E-state index in [-0.39, 0.29) is 5.91 Å². The summed E-state index contributed by atoms with van der Waals surface area (Å²) < 4.78 is 5.57. The van der Waals surface area contributed by atoms with Crippen LogP contribution in [0.2, 0.25) is 0 Å². The molecule has 2 rings (SSSR count). The third-order valence-electron chi connectivity index (χ3n) is 2.56. The number of ether oxygens (including phenoxy) is 1. The minimum Gasteiger partial charge on any atom is -0.493 e. The fourth-order valence-electron chi connectivity index (χ4n) is 1.52. The highest BCUT2D eigenvalue weighted by Crippen LogP contribution is 2.17. The Bertz CT molecular complexity index is 595. The predicted molar refractivity (Wildman–Crippen MR) is 82.5 cm³/mol. The Morgan fingerprint density at radius 2 is 2.05 bits per heavy atom. The number of carbonyl (C=O) groups is 1. The molecule has 112 valence electrons. The maximum absolute atomic E-state index is 12.0. The molecule has 0 bridgehead atoms. The number of hydrogen-bond acceptors (Lipinski definition) is 6. The van der Waals surface area contributed by atoms with Gasteiger partial charge in [0, 0.05) is 12.1 Å². The van der Waals surface area contributed by atoms with Gasteiger partial charge in [0.25, 0.3) is 5.91 Å². The number of amides is 1. The van der Waals surface area contributed by atoms with Gasteiger partial charge in [0.2, 0.25) is 5.13 Å². The smallest absolute Gasteiger partial charge is 0.257 e. The van der Waals surface area contributed by atoms with Gasteiger partial charge in [-0.3, -0.25) is 10.1 Å². The number of nitrogens with two attached hydrogens (primary N) is 1. The van der Waals surface area contributed by atoms with Gasteiger partial charge in [-0.2, -0.15) is 0 Å². The highest BCUT2D eigenvalue weighted by atomic mass is 32.1. The van der Waals surface area contributed by atoms with E-state index in [9.17, 15) is 4.79 Å². The molecule has 0 aliphatic heterocycles. The average molecular weight is 306 g/mol. The van der Waals surface area contributed by atoms with E-state index in [2.05, 4.69) is 29.4 Å². The molecule has 0 saturated carbocycles. The van der Waals surface area contributed by atoms with Crippen molar-refractivity contribution in [1.29, 1.82) is 0 Å². The van der Waals surface area contributed by atoms with Gasteiger partial charge in [-0.25, -0.2) is 0 Å². The minimum absolute atomic E-state index is 0.231. The van der Waals surface area contributed by atoms with Crippen molar-refractivity contribution in [3.8, 4) is 5.75 Å². The molecular formula is C14H18N4O2S. The molecular weight excluding hydrogens is 288 g/mol. The van der Waals surface area contributed by atoms with Crippen LogP contribution >= 0.6 is 11.3 Å². The normalized spacial score (nSPS) is 10.7. The summed E-state index contributed by atoms with van der Waals surface area (Å²) in [5.74, 6) is 0.980. The molecule has 2 aromatic rings. The number of benzene rings is 1. The number of hydrogen-bond donors (Lipinski definition) is 2. The van der Waals surface area contributed by atoms with Gasteiger partial charge in [-0.05, 0) is 30.2 Å². The molecule has 0 radical (unpaired) electrons. The number of nitrogens with zero attached hydrogens (tertiary/aromatic N) is 2. The van der Waals surface area contributed by atoms with Crippen molar-refractivity contribution >= 4 is 22.4 Å². The zero-order valence-corrected chi connectivity index (χ0v) is 12.8. The first-order valence-electron chi connectivity index (χ1n) is 6.65. The second-order valence-electron chi connectivity index (χ2n) is 4.89. The fraction of sp³-hybridized carbons (Fsp3) is 0.357. The van der Waals surface area contributed by atoms with Crippen LogP contribution in [0.25, 0.3) is 0 Å². The summed E-state index contributed by atoms with van der Waals surface area (Å²) >= 11 is 1.27. The van der Waals surface area contributed by atoms with E-state index in [1.807, 2.05) is 0 Å². The van der Waals surface area contributed by atoms with E-state index in [1.165, 1.54) is 11.3 Å². The van der Waals surface area contributed by atoms with Gasteiger partial charge in [0.15, 0.2) is 0 Å². The minimum atomic E-state index is -0.231. The average Bonchev–Trinajstić information content (AvgIpc) is 2.93. The van der Waals surface area contributed by atoms with E-state index < -0.39 is 0 Å². The van der Waals surface area contributed by atoms with Crippen molar-refractivity contribution in [2.75, 3.05) is 11.9 Å². The van der Waals surface area contributed by atoms with Crippen molar-refractivity contribution in [1.82, 2.24) is 10.2 Å². The molecule has 3 N–H and O–H groups in total. The Kier molecular flexibility index (Phi) is 5.24. The zero-order chi connectivity index (χ0) is 15.2. The molecule has 0 fully saturated rings. The summed E-state index contributed by atoms with van der Waals surface area (Å²) in [6.07, 6.45) is 0. The second kappa shape index (κ2) is 7.14. The van der Waals surface area contributed by atoms with E-state index in [4.69, 9.17) is 10.5 Å². The second-order valence-corrected chi connectivity index (χ2v) is 5.95. The topological polar surface area (TPSA) is 90.1 Å². The van der Waals surface area contributed by atoms with Crippen molar-refractivity contribution in [2.45, 2.75) is 20.4 Å². The van der Waals surface area contributed by atoms with Crippen molar-refractivity contribution in [3.05, 3.63) is 34.8 Å². The maximum Gasteiger partial charge on any atom is 0.257 e. The van der Waals surface area contributed by atoms with Crippen LogP contribution in [0.3, 0.4) is 0 Å². The third-order valence-corrected chi connectivity index (χ3v) is 3.42. The molecule has 0 saturated heterocycles. The Balaban J connectivity index is 1.96. The lowest BCUT2D eigenvalue weighted by Gasteiger charge is -2.09. The first kappa shape index (κ1) is 15.4. The summed E-state index contributed by atoms with van der Waals surface area (Å²) in [7, 11) is 0. The molecule has 1 aromatic heterocycles. The van der Waals surface area contributed by atoms with Gasteiger partial charge in [0.05, 0.1) is 6.61 Å². The van der Waals surface area contributed by atoms with Crippen LogP contribution in [0.1, 0.15) is 29.2 Å². The molecule has 6 nitrogen and oxygen atoms in total.